The highest BCUT2D eigenvalue weighted by Crippen LogP contribution is 2.50. The van der Waals surface area contributed by atoms with Crippen LogP contribution in [0.4, 0.5) is 11.4 Å². The van der Waals surface area contributed by atoms with Crippen LogP contribution in [-0.4, -0.2) is 36.8 Å². The number of hydrogen-bond donors (Lipinski definition) is 0. The number of halogens is 3. The Bertz CT molecular complexity index is 1520. The lowest BCUT2D eigenvalue weighted by atomic mass is 9.86. The van der Waals surface area contributed by atoms with Gasteiger partial charge in [0.1, 0.15) is 11.8 Å². The van der Waals surface area contributed by atoms with Gasteiger partial charge >= 0.3 is 0 Å². The topological polar surface area (TPSA) is 66.9 Å². The Balaban J connectivity index is 1.49. The van der Waals surface area contributed by atoms with Gasteiger partial charge in [-0.15, -0.1) is 0 Å². The summed E-state index contributed by atoms with van der Waals surface area (Å²) in [5, 5.41) is 0.585. The Morgan fingerprint density at radius 2 is 1.70 bits per heavy atom. The number of fused-ring (bicyclic) bond motifs is 5. The van der Waals surface area contributed by atoms with Crippen LogP contribution in [0.25, 0.3) is 6.08 Å². The van der Waals surface area contributed by atoms with Crippen molar-refractivity contribution in [2.75, 3.05) is 16.9 Å². The molecule has 186 valence electrons. The maximum Gasteiger partial charge on any atom is 0.240 e. The number of amides is 2. The molecule has 3 aromatic rings. The zero-order chi connectivity index (χ0) is 26.0. The summed E-state index contributed by atoms with van der Waals surface area (Å²) in [6.45, 7) is 0. The number of carbonyl (C=O) groups is 3. The van der Waals surface area contributed by atoms with E-state index in [0.717, 1.165) is 16.2 Å². The van der Waals surface area contributed by atoms with E-state index in [4.69, 9.17) is 27.9 Å². The van der Waals surface area contributed by atoms with E-state index >= 15 is 0 Å². The van der Waals surface area contributed by atoms with Gasteiger partial charge in [-0.05, 0) is 64.0 Å². The molecule has 0 aromatic heterocycles. The molecule has 37 heavy (non-hydrogen) atoms. The highest BCUT2D eigenvalue weighted by Gasteiger charge is 2.64. The number of hydrogen-bond acceptors (Lipinski definition) is 5. The van der Waals surface area contributed by atoms with Crippen LogP contribution in [0, 0.1) is 11.8 Å². The Hall–Kier alpha value is -3.13. The van der Waals surface area contributed by atoms with E-state index in [-0.39, 0.29) is 22.4 Å². The second-order valence-electron chi connectivity index (χ2n) is 9.13. The summed E-state index contributed by atoms with van der Waals surface area (Å²) in [5.74, 6) is -2.15. The van der Waals surface area contributed by atoms with Crippen LogP contribution in [0.1, 0.15) is 15.9 Å². The standard InChI is InChI=1S/C28H19BrCl2N2O4/c1-37-22-11-7-15(12-17(22)29)26(34)25-24-23(21-9-6-14-4-2-3-5-19(14)32(21)25)27(35)33(28(24)36)20-10-8-16(30)13-18(20)31/h2-13,21,23-25H,1H3/t21-,23+,24+,25-/m0/s1. The van der Waals surface area contributed by atoms with E-state index in [1.54, 1.807) is 37.4 Å². The van der Waals surface area contributed by atoms with E-state index in [0.29, 0.717) is 20.8 Å². The number of ether oxygens (including phenoxy) is 1. The molecule has 3 aliphatic heterocycles. The normalized spacial score (nSPS) is 23.7. The number of benzene rings is 3. The Kier molecular flexibility index (Phi) is 5.90. The first-order valence-electron chi connectivity index (χ1n) is 11.6. The summed E-state index contributed by atoms with van der Waals surface area (Å²) < 4.78 is 5.94. The lowest BCUT2D eigenvalue weighted by Crippen LogP contribution is -2.48. The molecule has 6 nitrogen and oxygen atoms in total. The van der Waals surface area contributed by atoms with Gasteiger partial charge in [-0.2, -0.15) is 0 Å². The smallest absolute Gasteiger partial charge is 0.240 e. The van der Waals surface area contributed by atoms with Crippen molar-refractivity contribution in [1.82, 2.24) is 0 Å². The predicted octanol–water partition coefficient (Wildman–Crippen LogP) is 6.04. The van der Waals surface area contributed by atoms with Gasteiger partial charge < -0.3 is 9.64 Å². The molecule has 3 heterocycles. The fourth-order valence-corrected chi connectivity index (χ4v) is 6.74. The third-order valence-corrected chi connectivity index (χ3v) is 8.43. The molecule has 2 amide bonds. The molecule has 9 heteroatoms. The zero-order valence-corrected chi connectivity index (χ0v) is 22.5. The maximum atomic E-state index is 14.2. The summed E-state index contributed by atoms with van der Waals surface area (Å²) >= 11 is 15.9. The summed E-state index contributed by atoms with van der Waals surface area (Å²) in [6, 6.07) is 16.0. The highest BCUT2D eigenvalue weighted by molar-refractivity contribution is 9.10. The number of methoxy groups -OCH3 is 1. The molecule has 6 rings (SSSR count). The number of nitrogens with zero attached hydrogens (tertiary/aromatic N) is 2. The Morgan fingerprint density at radius 1 is 0.946 bits per heavy atom. The van der Waals surface area contributed by atoms with Gasteiger partial charge in [-0.1, -0.05) is 53.6 Å². The van der Waals surface area contributed by atoms with E-state index in [2.05, 4.69) is 15.9 Å². The molecule has 0 aliphatic carbocycles. The first-order chi connectivity index (χ1) is 17.8. The summed E-state index contributed by atoms with van der Waals surface area (Å²) in [4.78, 5) is 45.1. The van der Waals surface area contributed by atoms with Crippen molar-refractivity contribution in [3.8, 4) is 5.75 Å². The van der Waals surface area contributed by atoms with Gasteiger partial charge in [-0.3, -0.25) is 14.4 Å². The third-order valence-electron chi connectivity index (χ3n) is 7.27. The van der Waals surface area contributed by atoms with Gasteiger partial charge in [0.05, 0.1) is 40.2 Å². The van der Waals surface area contributed by atoms with Crippen molar-refractivity contribution in [1.29, 1.82) is 0 Å². The molecule has 0 saturated carbocycles. The number of anilines is 2. The number of carbonyl (C=O) groups excluding carboxylic acids is 3. The zero-order valence-electron chi connectivity index (χ0n) is 19.4. The van der Waals surface area contributed by atoms with Crippen LogP contribution < -0.4 is 14.5 Å². The fourth-order valence-electron chi connectivity index (χ4n) is 5.70. The number of imide groups is 1. The minimum absolute atomic E-state index is 0.192. The second kappa shape index (κ2) is 9.01. The van der Waals surface area contributed by atoms with Gasteiger partial charge in [0.25, 0.3) is 0 Å². The molecule has 3 aromatic carbocycles. The van der Waals surface area contributed by atoms with Crippen molar-refractivity contribution in [2.45, 2.75) is 12.1 Å². The molecule has 0 bridgehead atoms. The summed E-state index contributed by atoms with van der Waals surface area (Å²) in [6.07, 6.45) is 3.86. The van der Waals surface area contributed by atoms with E-state index in [9.17, 15) is 14.4 Å². The lowest BCUT2D eigenvalue weighted by molar-refractivity contribution is -0.122. The van der Waals surface area contributed by atoms with Crippen LogP contribution in [0.3, 0.4) is 0 Å². The average molecular weight is 598 g/mol. The van der Waals surface area contributed by atoms with Crippen molar-refractivity contribution < 1.29 is 19.1 Å². The molecule has 3 aliphatic rings. The van der Waals surface area contributed by atoms with Crippen molar-refractivity contribution in [3.63, 3.8) is 0 Å². The monoisotopic (exact) mass is 596 g/mol. The first-order valence-corrected chi connectivity index (χ1v) is 13.1. The van der Waals surface area contributed by atoms with Crippen LogP contribution in [0.15, 0.2) is 71.2 Å². The number of para-hydroxylation sites is 1. The second-order valence-corrected chi connectivity index (χ2v) is 10.8. The highest BCUT2D eigenvalue weighted by atomic mass is 79.9. The van der Waals surface area contributed by atoms with Crippen molar-refractivity contribution in [3.05, 3.63) is 92.4 Å². The minimum atomic E-state index is -0.895. The van der Waals surface area contributed by atoms with E-state index in [1.807, 2.05) is 41.3 Å². The van der Waals surface area contributed by atoms with E-state index < -0.39 is 29.8 Å². The number of Topliss-reactive ketones (excluding diaryl/α,β-unsaturated/α-hetero) is 1. The fraction of sp³-hybridized carbons (Fsp3) is 0.179. The minimum Gasteiger partial charge on any atom is -0.496 e. The summed E-state index contributed by atoms with van der Waals surface area (Å²) in [7, 11) is 1.55. The van der Waals surface area contributed by atoms with Gasteiger partial charge in [0.2, 0.25) is 11.8 Å². The average Bonchev–Trinajstić information content (AvgIpc) is 3.36. The van der Waals surface area contributed by atoms with Crippen LogP contribution in [0.5, 0.6) is 5.75 Å². The quantitative estimate of drug-likeness (QED) is 0.271. The third kappa shape index (κ3) is 3.63. The molecule has 0 unspecified atom stereocenters. The van der Waals surface area contributed by atoms with Crippen molar-refractivity contribution >= 4 is 74.2 Å². The summed E-state index contributed by atoms with van der Waals surface area (Å²) in [5.41, 5.74) is 2.41. The van der Waals surface area contributed by atoms with E-state index in [1.165, 1.54) is 6.07 Å². The predicted molar refractivity (Wildman–Crippen MR) is 146 cm³/mol. The Labute approximate surface area is 231 Å². The van der Waals surface area contributed by atoms with Crippen LogP contribution in [0.2, 0.25) is 10.0 Å². The van der Waals surface area contributed by atoms with Crippen molar-refractivity contribution in [2.24, 2.45) is 11.8 Å². The maximum absolute atomic E-state index is 14.2. The molecule has 0 radical (unpaired) electrons. The molecular formula is C28H19BrCl2N2O4. The van der Waals surface area contributed by atoms with Gasteiger partial charge in [0.15, 0.2) is 5.78 Å². The molecule has 0 N–H and O–H groups in total. The first kappa shape index (κ1) is 24.2. The SMILES string of the molecule is COc1ccc(C(=O)[C@@H]2[C@@H]3C(=O)N(c4ccc(Cl)cc4Cl)C(=O)[C@@H]3[C@@H]3C=Cc4ccccc4N23)cc1Br. The van der Waals surface area contributed by atoms with Crippen LogP contribution in [-0.2, 0) is 9.59 Å². The van der Waals surface area contributed by atoms with Gasteiger partial charge in [0, 0.05) is 16.3 Å². The molecule has 2 saturated heterocycles. The molecule has 0 spiro atoms. The number of ketones is 1. The molecular weight excluding hydrogens is 579 g/mol. The largest absolute Gasteiger partial charge is 0.496 e. The van der Waals surface area contributed by atoms with Crippen LogP contribution >= 0.6 is 39.1 Å². The Morgan fingerprint density at radius 3 is 2.43 bits per heavy atom. The molecule has 2 fully saturated rings. The lowest BCUT2D eigenvalue weighted by Gasteiger charge is -2.36. The molecule has 4 atom stereocenters. The van der Waals surface area contributed by atoms with Gasteiger partial charge in [-0.25, -0.2) is 4.90 Å². The number of rotatable bonds is 4.